The summed E-state index contributed by atoms with van der Waals surface area (Å²) < 4.78 is 14.1. The van der Waals surface area contributed by atoms with Crippen LogP contribution in [-0.2, 0) is 0 Å². The molecule has 0 amide bonds. The van der Waals surface area contributed by atoms with E-state index in [1.165, 1.54) is 0 Å². The highest BCUT2D eigenvalue weighted by Gasteiger charge is 2.30. The Morgan fingerprint density at radius 1 is 1.39 bits per heavy atom. The van der Waals surface area contributed by atoms with Crippen LogP contribution in [0.5, 0.6) is 0 Å². The predicted molar refractivity (Wildman–Crippen MR) is 74.6 cm³/mol. The first-order valence-corrected chi connectivity index (χ1v) is 6.76. The van der Waals surface area contributed by atoms with Crippen molar-refractivity contribution in [2.75, 3.05) is 18.0 Å². The van der Waals surface area contributed by atoms with Crippen molar-refractivity contribution in [2.45, 2.75) is 39.8 Å². The number of piperazine rings is 1. The number of halogens is 1. The van der Waals surface area contributed by atoms with Crippen molar-refractivity contribution < 1.29 is 4.39 Å². The maximum atomic E-state index is 14.1. The van der Waals surface area contributed by atoms with Crippen molar-refractivity contribution in [3.8, 4) is 0 Å². The lowest BCUT2D eigenvalue weighted by Gasteiger charge is -2.43. The standard InChI is InChI=1S/C15H23FN2/c1-10(2)14-8-17-12(4)9-18(14)15-11(3)6-5-7-13(15)16/h5-7,10,12,14,17H,8-9H2,1-4H3. The molecule has 0 aliphatic carbocycles. The van der Waals surface area contributed by atoms with Crippen LogP contribution in [0.4, 0.5) is 10.1 Å². The number of rotatable bonds is 2. The van der Waals surface area contributed by atoms with E-state index in [0.29, 0.717) is 18.0 Å². The molecule has 1 heterocycles. The highest BCUT2D eigenvalue weighted by atomic mass is 19.1. The highest BCUT2D eigenvalue weighted by molar-refractivity contribution is 5.55. The van der Waals surface area contributed by atoms with E-state index in [9.17, 15) is 4.39 Å². The Balaban J connectivity index is 2.38. The molecule has 1 saturated heterocycles. The molecule has 0 spiro atoms. The summed E-state index contributed by atoms with van der Waals surface area (Å²) in [6, 6.07) is 6.09. The van der Waals surface area contributed by atoms with E-state index in [0.717, 1.165) is 24.3 Å². The van der Waals surface area contributed by atoms with E-state index in [-0.39, 0.29) is 5.82 Å². The van der Waals surface area contributed by atoms with Crippen molar-refractivity contribution >= 4 is 5.69 Å². The van der Waals surface area contributed by atoms with E-state index < -0.39 is 0 Å². The number of anilines is 1. The van der Waals surface area contributed by atoms with Gasteiger partial charge < -0.3 is 10.2 Å². The smallest absolute Gasteiger partial charge is 0.146 e. The van der Waals surface area contributed by atoms with Crippen molar-refractivity contribution in [1.82, 2.24) is 5.32 Å². The molecule has 1 N–H and O–H groups in total. The second-order valence-corrected chi connectivity index (χ2v) is 5.68. The molecule has 1 aliphatic heterocycles. The summed E-state index contributed by atoms with van der Waals surface area (Å²) >= 11 is 0. The molecule has 18 heavy (non-hydrogen) atoms. The van der Waals surface area contributed by atoms with Gasteiger partial charge in [0, 0.05) is 25.2 Å². The molecule has 1 aliphatic rings. The van der Waals surface area contributed by atoms with Crippen LogP contribution in [0, 0.1) is 18.7 Å². The maximum absolute atomic E-state index is 14.1. The van der Waals surface area contributed by atoms with Crippen molar-refractivity contribution in [2.24, 2.45) is 5.92 Å². The predicted octanol–water partition coefficient (Wildman–Crippen LogP) is 2.96. The Labute approximate surface area is 109 Å². The summed E-state index contributed by atoms with van der Waals surface area (Å²) in [5.41, 5.74) is 1.80. The molecule has 2 atom stereocenters. The Hall–Kier alpha value is -1.09. The second kappa shape index (κ2) is 5.27. The minimum atomic E-state index is -0.102. The van der Waals surface area contributed by atoms with Gasteiger partial charge in [0.1, 0.15) is 5.82 Å². The number of hydrogen-bond acceptors (Lipinski definition) is 2. The average Bonchev–Trinajstić information content (AvgIpc) is 2.28. The van der Waals surface area contributed by atoms with Crippen LogP contribution in [0.2, 0.25) is 0 Å². The summed E-state index contributed by atoms with van der Waals surface area (Å²) in [4.78, 5) is 2.25. The lowest BCUT2D eigenvalue weighted by molar-refractivity contribution is 0.346. The van der Waals surface area contributed by atoms with Gasteiger partial charge in [-0.15, -0.1) is 0 Å². The first-order valence-electron chi connectivity index (χ1n) is 6.76. The fraction of sp³-hybridized carbons (Fsp3) is 0.600. The van der Waals surface area contributed by atoms with E-state index in [1.807, 2.05) is 13.0 Å². The summed E-state index contributed by atoms with van der Waals surface area (Å²) in [7, 11) is 0. The van der Waals surface area contributed by atoms with Gasteiger partial charge in [-0.2, -0.15) is 0 Å². The highest BCUT2D eigenvalue weighted by Crippen LogP contribution is 2.29. The molecule has 0 radical (unpaired) electrons. The van der Waals surface area contributed by atoms with Gasteiger partial charge in [0.2, 0.25) is 0 Å². The van der Waals surface area contributed by atoms with Gasteiger partial charge in [0.05, 0.1) is 5.69 Å². The van der Waals surface area contributed by atoms with E-state index in [1.54, 1.807) is 12.1 Å². The van der Waals surface area contributed by atoms with Gasteiger partial charge in [0.25, 0.3) is 0 Å². The van der Waals surface area contributed by atoms with Crippen LogP contribution < -0.4 is 10.2 Å². The summed E-state index contributed by atoms with van der Waals surface area (Å²) in [6.45, 7) is 10.3. The SMILES string of the molecule is Cc1cccc(F)c1N1CC(C)NCC1C(C)C. The van der Waals surface area contributed by atoms with Gasteiger partial charge >= 0.3 is 0 Å². The van der Waals surface area contributed by atoms with E-state index in [4.69, 9.17) is 0 Å². The minimum absolute atomic E-state index is 0.102. The van der Waals surface area contributed by atoms with Gasteiger partial charge in [0.15, 0.2) is 0 Å². The Kier molecular flexibility index (Phi) is 3.91. The van der Waals surface area contributed by atoms with E-state index in [2.05, 4.69) is 31.0 Å². The van der Waals surface area contributed by atoms with Crippen LogP contribution in [0.25, 0.3) is 0 Å². The number of benzene rings is 1. The van der Waals surface area contributed by atoms with Crippen LogP contribution in [0.15, 0.2) is 18.2 Å². The van der Waals surface area contributed by atoms with Gasteiger partial charge in [-0.1, -0.05) is 26.0 Å². The largest absolute Gasteiger partial charge is 0.363 e. The van der Waals surface area contributed by atoms with Gasteiger partial charge in [-0.3, -0.25) is 0 Å². The number of nitrogens with one attached hydrogen (secondary N) is 1. The van der Waals surface area contributed by atoms with E-state index >= 15 is 0 Å². The number of nitrogens with zero attached hydrogens (tertiary/aromatic N) is 1. The lowest BCUT2D eigenvalue weighted by Crippen LogP contribution is -2.58. The monoisotopic (exact) mass is 250 g/mol. The average molecular weight is 250 g/mol. The second-order valence-electron chi connectivity index (χ2n) is 5.68. The van der Waals surface area contributed by atoms with Crippen LogP contribution in [0.3, 0.4) is 0 Å². The summed E-state index contributed by atoms with van der Waals surface area (Å²) in [5.74, 6) is 0.402. The third-order valence-corrected chi connectivity index (χ3v) is 3.79. The number of aryl methyl sites for hydroxylation is 1. The Morgan fingerprint density at radius 2 is 2.11 bits per heavy atom. The molecule has 0 bridgehead atoms. The first kappa shape index (κ1) is 13.3. The molecule has 3 heteroatoms. The quantitative estimate of drug-likeness (QED) is 0.868. The Morgan fingerprint density at radius 3 is 2.72 bits per heavy atom. The van der Waals surface area contributed by atoms with Gasteiger partial charge in [-0.05, 0) is 31.4 Å². The molecule has 1 fully saturated rings. The van der Waals surface area contributed by atoms with Crippen LogP contribution in [-0.4, -0.2) is 25.2 Å². The molecular formula is C15H23FN2. The molecule has 100 valence electrons. The third kappa shape index (κ3) is 2.51. The molecule has 2 nitrogen and oxygen atoms in total. The number of para-hydroxylation sites is 1. The molecule has 0 aromatic heterocycles. The molecule has 2 unspecified atom stereocenters. The Bertz CT molecular complexity index is 397. The molecular weight excluding hydrogens is 227 g/mol. The van der Waals surface area contributed by atoms with Crippen LogP contribution >= 0.6 is 0 Å². The molecule has 0 saturated carbocycles. The maximum Gasteiger partial charge on any atom is 0.146 e. The summed E-state index contributed by atoms with van der Waals surface area (Å²) in [5, 5.41) is 3.49. The van der Waals surface area contributed by atoms with Crippen molar-refractivity contribution in [1.29, 1.82) is 0 Å². The fourth-order valence-corrected chi connectivity index (χ4v) is 2.77. The zero-order valence-corrected chi connectivity index (χ0v) is 11.7. The molecule has 2 rings (SSSR count). The van der Waals surface area contributed by atoms with Crippen LogP contribution in [0.1, 0.15) is 26.3 Å². The topological polar surface area (TPSA) is 15.3 Å². The normalized spacial score (nSPS) is 24.7. The fourth-order valence-electron chi connectivity index (χ4n) is 2.77. The zero-order chi connectivity index (χ0) is 13.3. The first-order chi connectivity index (χ1) is 8.50. The molecule has 1 aromatic rings. The van der Waals surface area contributed by atoms with Crippen molar-refractivity contribution in [3.63, 3.8) is 0 Å². The van der Waals surface area contributed by atoms with Gasteiger partial charge in [-0.25, -0.2) is 4.39 Å². The van der Waals surface area contributed by atoms with Crippen molar-refractivity contribution in [3.05, 3.63) is 29.6 Å². The third-order valence-electron chi connectivity index (χ3n) is 3.79. The molecule has 1 aromatic carbocycles. The zero-order valence-electron chi connectivity index (χ0n) is 11.7. The number of hydrogen-bond donors (Lipinski definition) is 1. The lowest BCUT2D eigenvalue weighted by atomic mass is 9.97. The minimum Gasteiger partial charge on any atom is -0.363 e. The summed E-state index contributed by atoms with van der Waals surface area (Å²) in [6.07, 6.45) is 0.